The highest BCUT2D eigenvalue weighted by Gasteiger charge is 2.24. The molecule has 5 aromatic rings. The maximum Gasteiger partial charge on any atom is 0.0499 e. The quantitative estimate of drug-likeness (QED) is 0.285. The Hall–Kier alpha value is -2.32. The maximum absolute atomic E-state index is 2.42. The second-order valence-electron chi connectivity index (χ2n) is 7.95. The SMILES string of the molecule is Cn1c2ccccc2c2c3c(sc4ccccc43)c(C(C)(C)C)cc21. The summed E-state index contributed by atoms with van der Waals surface area (Å²) in [5.74, 6) is 0. The molecular formula is C23H21NS. The van der Waals surface area contributed by atoms with Crippen LogP contribution in [-0.2, 0) is 12.5 Å². The van der Waals surface area contributed by atoms with Crippen molar-refractivity contribution in [1.29, 1.82) is 0 Å². The first-order chi connectivity index (χ1) is 12.0. The average molecular weight is 343 g/mol. The number of fused-ring (bicyclic) bond motifs is 7. The summed E-state index contributed by atoms with van der Waals surface area (Å²) < 4.78 is 5.17. The molecule has 3 aromatic carbocycles. The molecule has 0 saturated carbocycles. The first kappa shape index (κ1) is 15.0. The molecule has 0 atom stereocenters. The molecule has 0 unspecified atom stereocenters. The zero-order chi connectivity index (χ0) is 17.3. The van der Waals surface area contributed by atoms with Crippen LogP contribution in [-0.4, -0.2) is 4.57 Å². The number of benzene rings is 3. The largest absolute Gasteiger partial charge is 0.344 e. The third-order valence-electron chi connectivity index (χ3n) is 5.33. The predicted octanol–water partition coefficient (Wildman–Crippen LogP) is 7.00. The van der Waals surface area contributed by atoms with Gasteiger partial charge in [0.25, 0.3) is 0 Å². The Labute approximate surface area is 151 Å². The summed E-state index contributed by atoms with van der Waals surface area (Å²) in [6.45, 7) is 6.96. The maximum atomic E-state index is 2.42. The van der Waals surface area contributed by atoms with Gasteiger partial charge in [0.05, 0.1) is 0 Å². The molecule has 1 nitrogen and oxygen atoms in total. The fraction of sp³-hybridized carbons (Fsp3) is 0.217. The van der Waals surface area contributed by atoms with Gasteiger partial charge in [-0.2, -0.15) is 0 Å². The van der Waals surface area contributed by atoms with Crippen LogP contribution in [0.25, 0.3) is 42.0 Å². The van der Waals surface area contributed by atoms with Gasteiger partial charge >= 0.3 is 0 Å². The first-order valence-corrected chi connectivity index (χ1v) is 9.60. The van der Waals surface area contributed by atoms with E-state index in [1.165, 1.54) is 47.5 Å². The number of hydrogen-bond acceptors (Lipinski definition) is 1. The lowest BCUT2D eigenvalue weighted by atomic mass is 9.85. The summed E-state index contributed by atoms with van der Waals surface area (Å²) >= 11 is 1.94. The smallest absolute Gasteiger partial charge is 0.0499 e. The van der Waals surface area contributed by atoms with E-state index in [2.05, 4.69) is 87.0 Å². The van der Waals surface area contributed by atoms with Gasteiger partial charge in [-0.25, -0.2) is 0 Å². The van der Waals surface area contributed by atoms with Crippen molar-refractivity contribution in [2.75, 3.05) is 0 Å². The summed E-state index contributed by atoms with van der Waals surface area (Å²) in [5.41, 5.74) is 4.20. The number of aryl methyl sites for hydroxylation is 1. The third kappa shape index (κ3) is 1.95. The van der Waals surface area contributed by atoms with Crippen molar-refractivity contribution < 1.29 is 0 Å². The molecule has 124 valence electrons. The van der Waals surface area contributed by atoms with Crippen molar-refractivity contribution in [1.82, 2.24) is 4.57 Å². The van der Waals surface area contributed by atoms with E-state index in [1.54, 1.807) is 0 Å². The van der Waals surface area contributed by atoms with E-state index in [9.17, 15) is 0 Å². The molecule has 0 saturated heterocycles. The molecule has 0 aliphatic carbocycles. The normalized spacial score (nSPS) is 12.8. The topological polar surface area (TPSA) is 4.93 Å². The Morgan fingerprint density at radius 3 is 2.24 bits per heavy atom. The highest BCUT2D eigenvalue weighted by atomic mass is 32.1. The van der Waals surface area contributed by atoms with E-state index in [4.69, 9.17) is 0 Å². The lowest BCUT2D eigenvalue weighted by Gasteiger charge is -2.20. The van der Waals surface area contributed by atoms with Crippen LogP contribution in [0.15, 0.2) is 54.6 Å². The molecule has 0 N–H and O–H groups in total. The van der Waals surface area contributed by atoms with Crippen LogP contribution in [0.2, 0.25) is 0 Å². The molecule has 0 fully saturated rings. The van der Waals surface area contributed by atoms with E-state index in [0.717, 1.165) is 0 Å². The number of aromatic nitrogens is 1. The van der Waals surface area contributed by atoms with Gasteiger partial charge < -0.3 is 4.57 Å². The molecule has 2 heteroatoms. The zero-order valence-corrected chi connectivity index (χ0v) is 15.9. The van der Waals surface area contributed by atoms with Crippen molar-refractivity contribution in [3.8, 4) is 0 Å². The molecule has 0 bridgehead atoms. The van der Waals surface area contributed by atoms with Gasteiger partial charge in [-0.1, -0.05) is 57.2 Å². The van der Waals surface area contributed by atoms with E-state index < -0.39 is 0 Å². The molecule has 0 amide bonds. The van der Waals surface area contributed by atoms with Gasteiger partial charge in [-0.3, -0.25) is 0 Å². The Morgan fingerprint density at radius 1 is 0.800 bits per heavy atom. The minimum Gasteiger partial charge on any atom is -0.344 e. The van der Waals surface area contributed by atoms with Crippen LogP contribution < -0.4 is 0 Å². The molecule has 2 aromatic heterocycles. The van der Waals surface area contributed by atoms with Crippen molar-refractivity contribution in [3.05, 3.63) is 60.2 Å². The minimum absolute atomic E-state index is 0.115. The van der Waals surface area contributed by atoms with Crippen molar-refractivity contribution in [2.45, 2.75) is 26.2 Å². The van der Waals surface area contributed by atoms with E-state index in [1.807, 2.05) is 11.3 Å². The van der Waals surface area contributed by atoms with E-state index in [0.29, 0.717) is 0 Å². The van der Waals surface area contributed by atoms with Gasteiger partial charge in [0.1, 0.15) is 0 Å². The lowest BCUT2D eigenvalue weighted by molar-refractivity contribution is 0.597. The fourth-order valence-corrected chi connectivity index (χ4v) is 5.52. The van der Waals surface area contributed by atoms with Crippen LogP contribution in [0.5, 0.6) is 0 Å². The van der Waals surface area contributed by atoms with Crippen molar-refractivity contribution >= 4 is 53.3 Å². The lowest BCUT2D eigenvalue weighted by Crippen LogP contribution is -2.11. The summed E-state index contributed by atoms with van der Waals surface area (Å²) in [4.78, 5) is 0. The fourth-order valence-electron chi connectivity index (χ4n) is 4.09. The van der Waals surface area contributed by atoms with Gasteiger partial charge in [0.15, 0.2) is 0 Å². The van der Waals surface area contributed by atoms with Crippen LogP contribution in [0, 0.1) is 0 Å². The van der Waals surface area contributed by atoms with Gasteiger partial charge in [0, 0.05) is 49.0 Å². The summed E-state index contributed by atoms with van der Waals surface area (Å²) in [6, 6.07) is 20.0. The third-order valence-corrected chi connectivity index (χ3v) is 6.54. The molecule has 0 aliphatic rings. The van der Waals surface area contributed by atoms with Crippen molar-refractivity contribution in [3.63, 3.8) is 0 Å². The molecule has 5 rings (SSSR count). The Morgan fingerprint density at radius 2 is 1.48 bits per heavy atom. The second kappa shape index (κ2) is 4.86. The highest BCUT2D eigenvalue weighted by molar-refractivity contribution is 7.26. The number of para-hydroxylation sites is 1. The van der Waals surface area contributed by atoms with Crippen LogP contribution >= 0.6 is 11.3 Å². The minimum atomic E-state index is 0.115. The van der Waals surface area contributed by atoms with Crippen LogP contribution in [0.3, 0.4) is 0 Å². The number of hydrogen-bond donors (Lipinski definition) is 0. The number of rotatable bonds is 0. The standard InChI is InChI=1S/C23H21NS/c1-23(2,3)16-13-18-20(14-9-5-7-11-17(14)24(18)4)21-15-10-6-8-12-19(15)25-22(16)21/h5-13H,1-4H3. The predicted molar refractivity (Wildman–Crippen MR) is 112 cm³/mol. The number of thiophene rings is 1. The van der Waals surface area contributed by atoms with Crippen LogP contribution in [0.4, 0.5) is 0 Å². The molecule has 0 radical (unpaired) electrons. The van der Waals surface area contributed by atoms with E-state index >= 15 is 0 Å². The Bertz CT molecular complexity index is 1280. The molecule has 0 spiro atoms. The molecule has 25 heavy (non-hydrogen) atoms. The second-order valence-corrected chi connectivity index (χ2v) is 9.00. The summed E-state index contributed by atoms with van der Waals surface area (Å²) in [7, 11) is 2.19. The summed E-state index contributed by atoms with van der Waals surface area (Å²) in [5, 5.41) is 5.57. The highest BCUT2D eigenvalue weighted by Crippen LogP contribution is 2.46. The zero-order valence-electron chi connectivity index (χ0n) is 15.1. The number of nitrogens with zero attached hydrogens (tertiary/aromatic N) is 1. The molecular weight excluding hydrogens is 322 g/mol. The summed E-state index contributed by atoms with van der Waals surface area (Å²) in [6.07, 6.45) is 0. The molecule has 2 heterocycles. The van der Waals surface area contributed by atoms with Gasteiger partial charge in [-0.05, 0) is 29.2 Å². The first-order valence-electron chi connectivity index (χ1n) is 8.78. The Kier molecular flexibility index (Phi) is 2.91. The van der Waals surface area contributed by atoms with Crippen molar-refractivity contribution in [2.24, 2.45) is 7.05 Å². The van der Waals surface area contributed by atoms with Gasteiger partial charge in [0.2, 0.25) is 0 Å². The van der Waals surface area contributed by atoms with Crippen LogP contribution in [0.1, 0.15) is 26.3 Å². The monoisotopic (exact) mass is 343 g/mol. The molecule has 0 aliphatic heterocycles. The Balaban J connectivity index is 2.18. The van der Waals surface area contributed by atoms with E-state index in [-0.39, 0.29) is 5.41 Å². The average Bonchev–Trinajstić information content (AvgIpc) is 3.10. The van der Waals surface area contributed by atoms with Gasteiger partial charge in [-0.15, -0.1) is 11.3 Å².